The van der Waals surface area contributed by atoms with Crippen LogP contribution in [0.5, 0.6) is 5.75 Å². The Morgan fingerprint density at radius 2 is 2.13 bits per heavy atom. The van der Waals surface area contributed by atoms with Gasteiger partial charge in [-0.05, 0) is 24.6 Å². The van der Waals surface area contributed by atoms with Crippen molar-refractivity contribution in [3.8, 4) is 5.75 Å². The summed E-state index contributed by atoms with van der Waals surface area (Å²) in [4.78, 5) is 10.6. The van der Waals surface area contributed by atoms with Crippen molar-refractivity contribution in [3.05, 3.63) is 28.3 Å². The molecule has 0 radical (unpaired) electrons. The molecule has 0 heterocycles. The fourth-order valence-corrected chi connectivity index (χ4v) is 1.65. The molecule has 0 saturated heterocycles. The highest BCUT2D eigenvalue weighted by molar-refractivity contribution is 6.30. The number of benzene rings is 1. The van der Waals surface area contributed by atoms with Crippen molar-refractivity contribution in [2.45, 2.75) is 13.0 Å². The van der Waals surface area contributed by atoms with Crippen LogP contribution in [0.1, 0.15) is 17.2 Å². The Labute approximate surface area is 92.1 Å². The van der Waals surface area contributed by atoms with Gasteiger partial charge in [-0.1, -0.05) is 11.6 Å². The van der Waals surface area contributed by atoms with Crippen LogP contribution in [0, 0.1) is 6.92 Å². The lowest BCUT2D eigenvalue weighted by Crippen LogP contribution is -2.12. The zero-order chi connectivity index (χ0) is 11.6. The first-order valence-electron chi connectivity index (χ1n) is 4.22. The molecule has 0 aromatic heterocycles. The highest BCUT2D eigenvalue weighted by Gasteiger charge is 2.22. The molecule has 1 atom stereocenters. The Hall–Kier alpha value is -1.26. The van der Waals surface area contributed by atoms with E-state index in [1.54, 1.807) is 13.0 Å². The Morgan fingerprint density at radius 1 is 1.53 bits per heavy atom. The first kappa shape index (κ1) is 11.8. The van der Waals surface area contributed by atoms with Gasteiger partial charge in [0.25, 0.3) is 0 Å². The minimum absolute atomic E-state index is 0.162. The van der Waals surface area contributed by atoms with Gasteiger partial charge in [-0.2, -0.15) is 0 Å². The summed E-state index contributed by atoms with van der Waals surface area (Å²) in [7, 11) is 1.41. The largest absolute Gasteiger partial charge is 0.496 e. The molecule has 0 spiro atoms. The lowest BCUT2D eigenvalue weighted by atomic mass is 10.0. The van der Waals surface area contributed by atoms with E-state index < -0.39 is 12.1 Å². The summed E-state index contributed by atoms with van der Waals surface area (Å²) in [6.07, 6.45) is -1.63. The van der Waals surface area contributed by atoms with Gasteiger partial charge in [-0.15, -0.1) is 0 Å². The Balaban J connectivity index is 3.32. The van der Waals surface area contributed by atoms with Crippen molar-refractivity contribution >= 4 is 17.6 Å². The number of hydrogen-bond donors (Lipinski definition) is 2. The van der Waals surface area contributed by atoms with Gasteiger partial charge in [0.1, 0.15) is 5.75 Å². The van der Waals surface area contributed by atoms with E-state index in [1.165, 1.54) is 13.2 Å². The second-order valence-corrected chi connectivity index (χ2v) is 3.52. The number of ether oxygens (including phenoxy) is 1. The first-order chi connectivity index (χ1) is 6.97. The van der Waals surface area contributed by atoms with Crippen LogP contribution < -0.4 is 4.74 Å². The number of carbonyl (C=O) groups is 1. The minimum Gasteiger partial charge on any atom is -0.496 e. The summed E-state index contributed by atoms with van der Waals surface area (Å²) < 4.78 is 5.02. The zero-order valence-corrected chi connectivity index (χ0v) is 9.08. The van der Waals surface area contributed by atoms with Crippen molar-refractivity contribution in [2.75, 3.05) is 7.11 Å². The number of carboxylic acids is 1. The molecule has 0 aliphatic carbocycles. The molecule has 1 unspecified atom stereocenters. The van der Waals surface area contributed by atoms with Crippen LogP contribution in [0.3, 0.4) is 0 Å². The summed E-state index contributed by atoms with van der Waals surface area (Å²) in [5.41, 5.74) is 0.843. The van der Waals surface area contributed by atoms with E-state index in [1.807, 2.05) is 0 Å². The highest BCUT2D eigenvalue weighted by atomic mass is 35.5. The third kappa shape index (κ3) is 2.40. The van der Waals surface area contributed by atoms with E-state index in [-0.39, 0.29) is 5.56 Å². The fraction of sp³-hybridized carbons (Fsp3) is 0.300. The van der Waals surface area contributed by atoms with Gasteiger partial charge in [0.15, 0.2) is 6.10 Å². The molecule has 2 N–H and O–H groups in total. The van der Waals surface area contributed by atoms with Gasteiger partial charge in [-0.25, -0.2) is 4.79 Å². The van der Waals surface area contributed by atoms with Crippen molar-refractivity contribution in [1.82, 2.24) is 0 Å². The Bertz CT molecular complexity index is 389. The van der Waals surface area contributed by atoms with Crippen LogP contribution >= 0.6 is 11.6 Å². The molecule has 15 heavy (non-hydrogen) atoms. The maximum absolute atomic E-state index is 10.6. The standard InChI is InChI=1S/C10H11ClO4/c1-5-3-6(11)4-7(9(5)15-2)8(12)10(13)14/h3-4,8,12H,1-2H3,(H,13,14). The van der Waals surface area contributed by atoms with Crippen LogP contribution in [-0.4, -0.2) is 23.3 Å². The van der Waals surface area contributed by atoms with Gasteiger partial charge in [0.2, 0.25) is 0 Å². The molecular weight excluding hydrogens is 220 g/mol. The summed E-state index contributed by atoms with van der Waals surface area (Å²) in [6.45, 7) is 1.72. The van der Waals surface area contributed by atoms with Crippen molar-refractivity contribution in [3.63, 3.8) is 0 Å². The molecule has 0 aliphatic heterocycles. The molecule has 0 fully saturated rings. The molecule has 4 nitrogen and oxygen atoms in total. The zero-order valence-electron chi connectivity index (χ0n) is 8.32. The number of aliphatic hydroxyl groups excluding tert-OH is 1. The quantitative estimate of drug-likeness (QED) is 0.831. The maximum atomic E-state index is 10.6. The predicted molar refractivity (Wildman–Crippen MR) is 55.3 cm³/mol. The van der Waals surface area contributed by atoms with Gasteiger partial charge in [0, 0.05) is 10.6 Å². The highest BCUT2D eigenvalue weighted by Crippen LogP contribution is 2.32. The molecule has 0 bridgehead atoms. The van der Waals surface area contributed by atoms with Crippen molar-refractivity contribution < 1.29 is 19.7 Å². The maximum Gasteiger partial charge on any atom is 0.337 e. The van der Waals surface area contributed by atoms with Crippen LogP contribution in [0.4, 0.5) is 0 Å². The SMILES string of the molecule is COc1c(C)cc(Cl)cc1C(O)C(=O)O. The second kappa shape index (κ2) is 4.51. The molecule has 0 amide bonds. The predicted octanol–water partition coefficient (Wildman–Crippen LogP) is 1.78. The summed E-state index contributed by atoms with van der Waals surface area (Å²) in [5, 5.41) is 18.5. The van der Waals surface area contributed by atoms with Crippen LogP contribution in [0.25, 0.3) is 0 Å². The van der Waals surface area contributed by atoms with E-state index in [4.69, 9.17) is 21.4 Å². The normalized spacial score (nSPS) is 12.3. The first-order valence-corrected chi connectivity index (χ1v) is 4.60. The van der Waals surface area contributed by atoms with Gasteiger partial charge >= 0.3 is 5.97 Å². The van der Waals surface area contributed by atoms with E-state index in [0.29, 0.717) is 16.3 Å². The monoisotopic (exact) mass is 230 g/mol. The Morgan fingerprint density at radius 3 is 2.60 bits per heavy atom. The number of halogens is 1. The number of aliphatic carboxylic acids is 1. The van der Waals surface area contributed by atoms with Gasteiger partial charge < -0.3 is 14.9 Å². The molecule has 0 saturated carbocycles. The lowest BCUT2D eigenvalue weighted by Gasteiger charge is -2.14. The van der Waals surface area contributed by atoms with Gasteiger partial charge in [0.05, 0.1) is 7.11 Å². The molecule has 0 aliphatic rings. The number of hydrogen-bond acceptors (Lipinski definition) is 3. The number of aliphatic hydroxyl groups is 1. The second-order valence-electron chi connectivity index (χ2n) is 3.09. The van der Waals surface area contributed by atoms with Crippen molar-refractivity contribution in [1.29, 1.82) is 0 Å². The Kier molecular flexibility index (Phi) is 3.55. The molecule has 1 aromatic rings. The fourth-order valence-electron chi connectivity index (χ4n) is 1.37. The minimum atomic E-state index is -1.63. The number of methoxy groups -OCH3 is 1. The topological polar surface area (TPSA) is 66.8 Å². The van der Waals surface area contributed by atoms with Gasteiger partial charge in [-0.3, -0.25) is 0 Å². The smallest absolute Gasteiger partial charge is 0.337 e. The third-order valence-electron chi connectivity index (χ3n) is 2.00. The summed E-state index contributed by atoms with van der Waals surface area (Å²) in [6, 6.07) is 3.02. The molecular formula is C10H11ClO4. The lowest BCUT2D eigenvalue weighted by molar-refractivity contribution is -0.147. The average Bonchev–Trinajstić information content (AvgIpc) is 2.15. The number of carboxylic acid groups (broad SMARTS) is 1. The number of rotatable bonds is 3. The van der Waals surface area contributed by atoms with Crippen molar-refractivity contribution in [2.24, 2.45) is 0 Å². The summed E-state index contributed by atoms with van der Waals surface area (Å²) in [5.74, 6) is -0.996. The molecule has 82 valence electrons. The molecule has 5 heteroatoms. The van der Waals surface area contributed by atoms with Crippen LogP contribution in [0.2, 0.25) is 5.02 Å². The average molecular weight is 231 g/mol. The van der Waals surface area contributed by atoms with E-state index in [0.717, 1.165) is 0 Å². The van der Waals surface area contributed by atoms with E-state index in [2.05, 4.69) is 0 Å². The summed E-state index contributed by atoms with van der Waals surface area (Å²) >= 11 is 5.77. The number of aryl methyl sites for hydroxylation is 1. The van der Waals surface area contributed by atoms with Crippen LogP contribution in [-0.2, 0) is 4.79 Å². The van der Waals surface area contributed by atoms with Crippen LogP contribution in [0.15, 0.2) is 12.1 Å². The van der Waals surface area contributed by atoms with E-state index >= 15 is 0 Å². The molecule has 1 rings (SSSR count). The molecule has 1 aromatic carbocycles. The third-order valence-corrected chi connectivity index (χ3v) is 2.22. The van der Waals surface area contributed by atoms with E-state index in [9.17, 15) is 9.90 Å².